The first-order chi connectivity index (χ1) is 12.3. The number of carbonyl (C=O) groups is 1. The van der Waals surface area contributed by atoms with Gasteiger partial charge in [-0.2, -0.15) is 0 Å². The molecule has 0 unspecified atom stereocenters. The van der Waals surface area contributed by atoms with E-state index in [2.05, 4.69) is 4.98 Å². The third-order valence-electron chi connectivity index (χ3n) is 3.30. The van der Waals surface area contributed by atoms with E-state index < -0.39 is 0 Å². The Labute approximate surface area is 149 Å². The number of hydrogen-bond donors (Lipinski definition) is 0. The van der Waals surface area contributed by atoms with Gasteiger partial charge in [0.15, 0.2) is 11.5 Å². The average Bonchev–Trinajstić information content (AvgIpc) is 3.32. The molecule has 0 amide bonds. The smallest absolute Gasteiger partial charge is 0.309 e. The SMILES string of the molecule is COc1ccccc1OCCC(=O)OCc1coc(-c2cccs2)n1. The second-order valence-corrected chi connectivity index (χ2v) is 5.98. The van der Waals surface area contributed by atoms with E-state index in [0.717, 1.165) is 4.88 Å². The topological polar surface area (TPSA) is 70.8 Å². The molecule has 2 aromatic heterocycles. The highest BCUT2D eigenvalue weighted by Gasteiger charge is 2.10. The van der Waals surface area contributed by atoms with Gasteiger partial charge in [0.05, 0.1) is 25.0 Å². The maximum absolute atomic E-state index is 11.8. The summed E-state index contributed by atoms with van der Waals surface area (Å²) in [7, 11) is 1.57. The van der Waals surface area contributed by atoms with Crippen molar-refractivity contribution in [2.24, 2.45) is 0 Å². The van der Waals surface area contributed by atoms with Crippen molar-refractivity contribution in [3.8, 4) is 22.3 Å². The zero-order valence-electron chi connectivity index (χ0n) is 13.6. The fourth-order valence-electron chi connectivity index (χ4n) is 2.10. The van der Waals surface area contributed by atoms with Gasteiger partial charge in [0.2, 0.25) is 5.89 Å². The maximum atomic E-state index is 11.8. The van der Waals surface area contributed by atoms with Gasteiger partial charge in [-0.25, -0.2) is 4.98 Å². The molecule has 7 heteroatoms. The summed E-state index contributed by atoms with van der Waals surface area (Å²) in [6.07, 6.45) is 1.63. The molecule has 0 bridgehead atoms. The van der Waals surface area contributed by atoms with Crippen LogP contribution in [-0.4, -0.2) is 24.7 Å². The highest BCUT2D eigenvalue weighted by atomic mass is 32.1. The van der Waals surface area contributed by atoms with E-state index in [9.17, 15) is 4.79 Å². The lowest BCUT2D eigenvalue weighted by Gasteiger charge is -2.09. The summed E-state index contributed by atoms with van der Waals surface area (Å²) in [5.41, 5.74) is 0.572. The number of ether oxygens (including phenoxy) is 3. The molecule has 0 saturated carbocycles. The Bertz CT molecular complexity index is 813. The van der Waals surface area contributed by atoms with Crippen LogP contribution in [0.15, 0.2) is 52.5 Å². The quantitative estimate of drug-likeness (QED) is 0.568. The zero-order chi connectivity index (χ0) is 17.5. The molecular formula is C18H17NO5S. The van der Waals surface area contributed by atoms with Gasteiger partial charge < -0.3 is 18.6 Å². The minimum atomic E-state index is -0.365. The molecule has 0 aliphatic carbocycles. The van der Waals surface area contributed by atoms with Crippen molar-refractivity contribution in [3.05, 3.63) is 53.7 Å². The third kappa shape index (κ3) is 4.60. The molecule has 1 aromatic carbocycles. The number of benzene rings is 1. The Morgan fingerprint density at radius 1 is 1.20 bits per heavy atom. The monoisotopic (exact) mass is 359 g/mol. The summed E-state index contributed by atoms with van der Waals surface area (Å²) in [5, 5.41) is 1.95. The van der Waals surface area contributed by atoms with Crippen molar-refractivity contribution in [1.82, 2.24) is 4.98 Å². The number of rotatable bonds is 8. The van der Waals surface area contributed by atoms with E-state index in [0.29, 0.717) is 23.1 Å². The van der Waals surface area contributed by atoms with Crippen LogP contribution in [0.25, 0.3) is 10.8 Å². The number of thiophene rings is 1. The van der Waals surface area contributed by atoms with Crippen molar-refractivity contribution in [1.29, 1.82) is 0 Å². The van der Waals surface area contributed by atoms with Gasteiger partial charge in [-0.3, -0.25) is 4.79 Å². The fraction of sp³-hybridized carbons (Fsp3) is 0.222. The molecule has 0 aliphatic heterocycles. The predicted molar refractivity (Wildman–Crippen MR) is 92.7 cm³/mol. The number of nitrogens with zero attached hydrogens (tertiary/aromatic N) is 1. The number of aromatic nitrogens is 1. The molecule has 3 rings (SSSR count). The molecule has 130 valence electrons. The summed E-state index contributed by atoms with van der Waals surface area (Å²) < 4.78 is 21.3. The van der Waals surface area contributed by atoms with Gasteiger partial charge in [-0.15, -0.1) is 11.3 Å². The van der Waals surface area contributed by atoms with Gasteiger partial charge in [0, 0.05) is 0 Å². The van der Waals surface area contributed by atoms with Gasteiger partial charge in [-0.1, -0.05) is 18.2 Å². The molecule has 0 aliphatic rings. The van der Waals surface area contributed by atoms with Crippen molar-refractivity contribution >= 4 is 17.3 Å². The Kier molecular flexibility index (Phi) is 5.69. The standard InChI is InChI=1S/C18H17NO5S/c1-21-14-5-2-3-6-15(14)22-9-8-17(20)23-11-13-12-24-18(19-13)16-7-4-10-25-16/h2-7,10,12H,8-9,11H2,1H3. The van der Waals surface area contributed by atoms with Crippen LogP contribution in [0.3, 0.4) is 0 Å². The number of esters is 1. The first-order valence-corrected chi connectivity index (χ1v) is 8.54. The van der Waals surface area contributed by atoms with Crippen molar-refractivity contribution in [2.75, 3.05) is 13.7 Å². The van der Waals surface area contributed by atoms with Gasteiger partial charge in [0.1, 0.15) is 18.6 Å². The molecular weight excluding hydrogens is 342 g/mol. The molecule has 25 heavy (non-hydrogen) atoms. The molecule has 0 fully saturated rings. The largest absolute Gasteiger partial charge is 0.493 e. The number of para-hydroxylation sites is 2. The third-order valence-corrected chi connectivity index (χ3v) is 4.16. The summed E-state index contributed by atoms with van der Waals surface area (Å²) in [4.78, 5) is 17.0. The lowest BCUT2D eigenvalue weighted by molar-refractivity contribution is -0.145. The highest BCUT2D eigenvalue weighted by molar-refractivity contribution is 7.13. The molecule has 2 heterocycles. The predicted octanol–water partition coefficient (Wildman–Crippen LogP) is 3.92. The van der Waals surface area contributed by atoms with Gasteiger partial charge in [-0.05, 0) is 23.6 Å². The summed E-state index contributed by atoms with van der Waals surface area (Å²) in [6.45, 7) is 0.279. The number of hydrogen-bond acceptors (Lipinski definition) is 7. The second kappa shape index (κ2) is 8.34. The van der Waals surface area contributed by atoms with Crippen molar-refractivity contribution in [2.45, 2.75) is 13.0 Å². The molecule has 0 N–H and O–H groups in total. The lowest BCUT2D eigenvalue weighted by atomic mass is 10.3. The van der Waals surface area contributed by atoms with E-state index in [-0.39, 0.29) is 25.6 Å². The van der Waals surface area contributed by atoms with Crippen LogP contribution in [0.1, 0.15) is 12.1 Å². The summed E-state index contributed by atoms with van der Waals surface area (Å²) >= 11 is 1.53. The van der Waals surface area contributed by atoms with E-state index in [4.69, 9.17) is 18.6 Å². The van der Waals surface area contributed by atoms with Crippen LogP contribution in [0.4, 0.5) is 0 Å². The summed E-state index contributed by atoms with van der Waals surface area (Å²) in [5.74, 6) is 1.38. The average molecular weight is 359 g/mol. The van der Waals surface area contributed by atoms with Crippen LogP contribution in [0.5, 0.6) is 11.5 Å². The molecule has 0 spiro atoms. The molecule has 0 radical (unpaired) electrons. The van der Waals surface area contributed by atoms with Crippen molar-refractivity contribution < 1.29 is 23.4 Å². The number of oxazole rings is 1. The molecule has 0 saturated heterocycles. The molecule has 3 aromatic rings. The highest BCUT2D eigenvalue weighted by Crippen LogP contribution is 2.26. The fourth-order valence-corrected chi connectivity index (χ4v) is 2.75. The molecule has 6 nitrogen and oxygen atoms in total. The lowest BCUT2D eigenvalue weighted by Crippen LogP contribution is -2.10. The van der Waals surface area contributed by atoms with Crippen LogP contribution < -0.4 is 9.47 Å². The van der Waals surface area contributed by atoms with E-state index >= 15 is 0 Å². The minimum Gasteiger partial charge on any atom is -0.493 e. The first-order valence-electron chi connectivity index (χ1n) is 7.66. The Hall–Kier alpha value is -2.80. The van der Waals surface area contributed by atoms with E-state index in [1.807, 2.05) is 29.6 Å². The van der Waals surface area contributed by atoms with Gasteiger partial charge >= 0.3 is 5.97 Å². The number of carbonyl (C=O) groups excluding carboxylic acids is 1. The van der Waals surface area contributed by atoms with E-state index in [1.165, 1.54) is 17.6 Å². The maximum Gasteiger partial charge on any atom is 0.309 e. The van der Waals surface area contributed by atoms with Crippen molar-refractivity contribution in [3.63, 3.8) is 0 Å². The van der Waals surface area contributed by atoms with Crippen LogP contribution >= 0.6 is 11.3 Å². The Morgan fingerprint density at radius 3 is 2.80 bits per heavy atom. The summed E-state index contributed by atoms with van der Waals surface area (Å²) in [6, 6.07) is 11.1. The number of methoxy groups -OCH3 is 1. The normalized spacial score (nSPS) is 10.4. The Morgan fingerprint density at radius 2 is 2.04 bits per heavy atom. The molecule has 0 atom stereocenters. The van der Waals surface area contributed by atoms with Crippen LogP contribution in [0.2, 0.25) is 0 Å². The minimum absolute atomic E-state index is 0.0718. The van der Waals surface area contributed by atoms with Crippen LogP contribution in [-0.2, 0) is 16.1 Å². The van der Waals surface area contributed by atoms with E-state index in [1.54, 1.807) is 19.2 Å². The second-order valence-electron chi connectivity index (χ2n) is 5.03. The van der Waals surface area contributed by atoms with Crippen LogP contribution in [0, 0.1) is 0 Å². The first kappa shape index (κ1) is 17.0. The zero-order valence-corrected chi connectivity index (χ0v) is 14.5. The van der Waals surface area contributed by atoms with Gasteiger partial charge in [0.25, 0.3) is 0 Å². The Balaban J connectivity index is 1.42.